The third kappa shape index (κ3) is 4.26. The average molecular weight is 426 g/mol. The van der Waals surface area contributed by atoms with Gasteiger partial charge in [0.1, 0.15) is 0 Å². The van der Waals surface area contributed by atoms with E-state index < -0.39 is 11.7 Å². The van der Waals surface area contributed by atoms with Gasteiger partial charge >= 0.3 is 6.18 Å². The van der Waals surface area contributed by atoms with E-state index in [4.69, 9.17) is 11.6 Å². The lowest BCUT2D eigenvalue weighted by Crippen LogP contribution is -2.10. The van der Waals surface area contributed by atoms with Crippen molar-refractivity contribution in [1.29, 1.82) is 0 Å². The minimum Gasteiger partial charge on any atom is -0.378 e. The molecule has 0 spiro atoms. The Bertz CT molecular complexity index is 643. The monoisotopic (exact) mass is 425 g/mol. The Hall–Kier alpha value is -0.950. The summed E-state index contributed by atoms with van der Waals surface area (Å²) in [6, 6.07) is 10.4. The highest BCUT2D eigenvalue weighted by atomic mass is 127. The largest absolute Gasteiger partial charge is 0.416 e. The molecular formula is C15H12ClF3IN. The maximum absolute atomic E-state index is 12.7. The number of anilines is 1. The number of alkyl halides is 3. The second kappa shape index (κ2) is 6.44. The molecule has 0 amide bonds. The van der Waals surface area contributed by atoms with Crippen LogP contribution in [0.5, 0.6) is 0 Å². The van der Waals surface area contributed by atoms with Crippen LogP contribution in [0.1, 0.15) is 24.1 Å². The molecule has 1 nitrogen and oxygen atoms in total. The molecule has 2 rings (SSSR count). The molecule has 2 aromatic rings. The zero-order valence-corrected chi connectivity index (χ0v) is 13.9. The van der Waals surface area contributed by atoms with Gasteiger partial charge in [-0.2, -0.15) is 13.2 Å². The molecule has 112 valence electrons. The van der Waals surface area contributed by atoms with Gasteiger partial charge in [-0.1, -0.05) is 23.7 Å². The topological polar surface area (TPSA) is 12.0 Å². The summed E-state index contributed by atoms with van der Waals surface area (Å²) in [5, 5.41) is 3.82. The number of hydrogen-bond acceptors (Lipinski definition) is 1. The third-order valence-electron chi connectivity index (χ3n) is 3.02. The Kier molecular flexibility index (Phi) is 5.03. The summed E-state index contributed by atoms with van der Waals surface area (Å²) >= 11 is 8.02. The van der Waals surface area contributed by atoms with Gasteiger partial charge < -0.3 is 5.32 Å². The minimum atomic E-state index is -4.33. The highest BCUT2D eigenvalue weighted by Crippen LogP contribution is 2.32. The van der Waals surface area contributed by atoms with Crippen molar-refractivity contribution in [2.75, 3.05) is 5.32 Å². The first-order valence-electron chi connectivity index (χ1n) is 6.16. The van der Waals surface area contributed by atoms with Crippen molar-refractivity contribution in [2.24, 2.45) is 0 Å². The molecule has 0 fully saturated rings. The van der Waals surface area contributed by atoms with Crippen molar-refractivity contribution in [3.63, 3.8) is 0 Å². The first kappa shape index (κ1) is 16.4. The van der Waals surface area contributed by atoms with Gasteiger partial charge in [-0.15, -0.1) is 0 Å². The highest BCUT2D eigenvalue weighted by Gasteiger charge is 2.30. The molecule has 6 heteroatoms. The lowest BCUT2D eigenvalue weighted by Gasteiger charge is -2.18. The number of hydrogen-bond donors (Lipinski definition) is 1. The third-order valence-corrected chi connectivity index (χ3v) is 4.14. The maximum Gasteiger partial charge on any atom is 0.416 e. The summed E-state index contributed by atoms with van der Waals surface area (Å²) in [6.45, 7) is 1.82. The van der Waals surface area contributed by atoms with Gasteiger partial charge in [0.25, 0.3) is 0 Å². The summed E-state index contributed by atoms with van der Waals surface area (Å²) in [5.41, 5.74) is 0.778. The van der Waals surface area contributed by atoms with Gasteiger partial charge in [0.2, 0.25) is 0 Å². The van der Waals surface area contributed by atoms with Gasteiger partial charge in [-0.05, 0) is 65.4 Å². The molecule has 0 saturated heterocycles. The van der Waals surface area contributed by atoms with E-state index in [-0.39, 0.29) is 6.04 Å². The van der Waals surface area contributed by atoms with Crippen LogP contribution in [0.2, 0.25) is 5.02 Å². The standard InChI is InChI=1S/C15H12ClF3IN/c1-9(21-14-6-5-12(16)8-13(14)20)10-3-2-4-11(7-10)15(17,18)19/h2-9,21H,1H3. The average Bonchev–Trinajstić information content (AvgIpc) is 2.41. The van der Waals surface area contributed by atoms with E-state index in [2.05, 4.69) is 27.9 Å². The Balaban J connectivity index is 2.22. The predicted molar refractivity (Wildman–Crippen MR) is 87.7 cm³/mol. The smallest absolute Gasteiger partial charge is 0.378 e. The van der Waals surface area contributed by atoms with Crippen LogP contribution < -0.4 is 5.32 Å². The maximum atomic E-state index is 12.7. The lowest BCUT2D eigenvalue weighted by molar-refractivity contribution is -0.137. The highest BCUT2D eigenvalue weighted by molar-refractivity contribution is 14.1. The van der Waals surface area contributed by atoms with Gasteiger partial charge in [-0.3, -0.25) is 0 Å². The minimum absolute atomic E-state index is 0.248. The van der Waals surface area contributed by atoms with E-state index in [0.29, 0.717) is 10.6 Å². The van der Waals surface area contributed by atoms with Crippen LogP contribution in [0, 0.1) is 3.57 Å². The SMILES string of the molecule is CC(Nc1ccc(Cl)cc1I)c1cccc(C(F)(F)F)c1. The van der Waals surface area contributed by atoms with Crippen molar-refractivity contribution in [3.05, 3.63) is 62.2 Å². The number of halogens is 5. The molecule has 0 aromatic heterocycles. The van der Waals surface area contributed by atoms with E-state index in [9.17, 15) is 13.2 Å². The Morgan fingerprint density at radius 2 is 1.86 bits per heavy atom. The van der Waals surface area contributed by atoms with E-state index in [0.717, 1.165) is 15.3 Å². The van der Waals surface area contributed by atoms with Crippen LogP contribution in [0.25, 0.3) is 0 Å². The summed E-state index contributed by atoms with van der Waals surface area (Å²) in [7, 11) is 0. The van der Waals surface area contributed by atoms with Crippen LogP contribution in [0.3, 0.4) is 0 Å². The molecule has 0 radical (unpaired) electrons. The molecule has 0 heterocycles. The van der Waals surface area contributed by atoms with Crippen LogP contribution in [-0.2, 0) is 6.18 Å². The quantitative estimate of drug-likeness (QED) is 0.583. The number of nitrogens with one attached hydrogen (secondary N) is 1. The van der Waals surface area contributed by atoms with Crippen LogP contribution >= 0.6 is 34.2 Å². The molecule has 0 aliphatic heterocycles. The Labute approximate surface area is 139 Å². The van der Waals surface area contributed by atoms with Crippen molar-refractivity contribution >= 4 is 39.9 Å². The molecule has 0 bridgehead atoms. The summed E-state index contributed by atoms with van der Waals surface area (Å²) in [5.74, 6) is 0. The normalized spacial score (nSPS) is 13.0. The zero-order chi connectivity index (χ0) is 15.6. The van der Waals surface area contributed by atoms with Crippen molar-refractivity contribution in [1.82, 2.24) is 0 Å². The van der Waals surface area contributed by atoms with Crippen molar-refractivity contribution < 1.29 is 13.2 Å². The fourth-order valence-corrected chi connectivity index (χ4v) is 2.93. The summed E-state index contributed by atoms with van der Waals surface area (Å²) in [4.78, 5) is 0. The van der Waals surface area contributed by atoms with Crippen LogP contribution in [-0.4, -0.2) is 0 Å². The van der Waals surface area contributed by atoms with Gasteiger partial charge in [0.05, 0.1) is 5.56 Å². The molecule has 0 aliphatic rings. The van der Waals surface area contributed by atoms with Crippen LogP contribution in [0.4, 0.5) is 18.9 Å². The Morgan fingerprint density at radius 3 is 2.48 bits per heavy atom. The van der Waals surface area contributed by atoms with Crippen molar-refractivity contribution in [3.8, 4) is 0 Å². The van der Waals surface area contributed by atoms with Gasteiger partial charge in [-0.25, -0.2) is 0 Å². The molecule has 21 heavy (non-hydrogen) atoms. The second-order valence-electron chi connectivity index (χ2n) is 4.61. The summed E-state index contributed by atoms with van der Waals surface area (Å²) < 4.78 is 39.1. The molecule has 1 N–H and O–H groups in total. The molecular weight excluding hydrogens is 414 g/mol. The summed E-state index contributed by atoms with van der Waals surface area (Å²) in [6.07, 6.45) is -4.33. The van der Waals surface area contributed by atoms with E-state index >= 15 is 0 Å². The lowest BCUT2D eigenvalue weighted by atomic mass is 10.0. The fraction of sp³-hybridized carbons (Fsp3) is 0.200. The van der Waals surface area contributed by atoms with Crippen molar-refractivity contribution in [2.45, 2.75) is 19.1 Å². The first-order valence-corrected chi connectivity index (χ1v) is 7.62. The number of benzene rings is 2. The van der Waals surface area contributed by atoms with Crippen LogP contribution in [0.15, 0.2) is 42.5 Å². The molecule has 0 saturated carbocycles. The molecule has 1 unspecified atom stereocenters. The number of rotatable bonds is 3. The van der Waals surface area contributed by atoms with E-state index in [1.165, 1.54) is 12.1 Å². The van der Waals surface area contributed by atoms with Gasteiger partial charge in [0, 0.05) is 20.3 Å². The van der Waals surface area contributed by atoms with E-state index in [1.807, 2.05) is 13.0 Å². The Morgan fingerprint density at radius 1 is 1.14 bits per heavy atom. The van der Waals surface area contributed by atoms with Gasteiger partial charge in [0.15, 0.2) is 0 Å². The van der Waals surface area contributed by atoms with E-state index in [1.54, 1.807) is 18.2 Å². The second-order valence-corrected chi connectivity index (χ2v) is 6.21. The fourth-order valence-electron chi connectivity index (χ4n) is 1.91. The molecule has 1 atom stereocenters. The molecule has 0 aliphatic carbocycles. The first-order chi connectivity index (χ1) is 9.77. The predicted octanol–water partition coefficient (Wildman–Crippen LogP) is 6.14. The molecule has 2 aromatic carbocycles. The zero-order valence-electron chi connectivity index (χ0n) is 11.0.